The lowest BCUT2D eigenvalue weighted by Crippen LogP contribution is -2.51. The monoisotopic (exact) mass is 496 g/mol. The number of thiazole rings is 1. The third kappa shape index (κ3) is 3.96. The molecule has 2 aliphatic rings. The van der Waals surface area contributed by atoms with Gasteiger partial charge in [0, 0.05) is 27.7 Å². The molecule has 1 saturated heterocycles. The van der Waals surface area contributed by atoms with Crippen LogP contribution in [-0.2, 0) is 39.1 Å². The molecule has 2 aromatic heterocycles. The number of benzene rings is 1. The van der Waals surface area contributed by atoms with Gasteiger partial charge in [0.25, 0.3) is 10.0 Å². The van der Waals surface area contributed by atoms with Gasteiger partial charge in [-0.25, -0.2) is 13.4 Å². The number of halogens is 1. The van der Waals surface area contributed by atoms with Crippen LogP contribution in [0.15, 0.2) is 28.5 Å². The highest BCUT2D eigenvalue weighted by atomic mass is 35.5. The molecule has 0 aliphatic carbocycles. The number of amides is 2. The molecule has 0 spiro atoms. The standard InChI is InChI=1S/C19H17ClN4O4S3/c20-12-2-1-11-5-19(30-14(11)6-12)31(27,28)24-4-3-23(18(26)10-24)9-17-22-13-8-21-16(25)7-15(13)29-17/h1-2,5-6H,3-4,7-10H2,(H,21,25). The van der Waals surface area contributed by atoms with E-state index in [1.807, 2.05) is 0 Å². The van der Waals surface area contributed by atoms with Crippen molar-refractivity contribution in [3.8, 4) is 0 Å². The van der Waals surface area contributed by atoms with Gasteiger partial charge in [0.2, 0.25) is 11.8 Å². The molecule has 5 rings (SSSR count). The van der Waals surface area contributed by atoms with Crippen molar-refractivity contribution in [1.29, 1.82) is 0 Å². The van der Waals surface area contributed by atoms with E-state index in [-0.39, 0.29) is 35.7 Å². The molecule has 12 heteroatoms. The first-order valence-corrected chi connectivity index (χ1v) is 13.0. The van der Waals surface area contributed by atoms with E-state index < -0.39 is 10.0 Å². The van der Waals surface area contributed by atoms with Crippen LogP contribution in [0.1, 0.15) is 15.6 Å². The number of sulfonamides is 1. The summed E-state index contributed by atoms with van der Waals surface area (Å²) in [5.74, 6) is -0.289. The van der Waals surface area contributed by atoms with Crippen molar-refractivity contribution >= 4 is 66.2 Å². The van der Waals surface area contributed by atoms with Crippen molar-refractivity contribution < 1.29 is 18.0 Å². The van der Waals surface area contributed by atoms with E-state index in [0.29, 0.717) is 24.5 Å². The quantitative estimate of drug-likeness (QED) is 0.597. The molecule has 0 bridgehead atoms. The molecule has 162 valence electrons. The van der Waals surface area contributed by atoms with Crippen molar-refractivity contribution in [3.05, 3.63) is 44.9 Å². The first kappa shape index (κ1) is 20.8. The Bertz CT molecular complexity index is 1320. The fraction of sp³-hybridized carbons (Fsp3) is 0.316. The number of thiophene rings is 1. The Labute approximate surface area is 191 Å². The highest BCUT2D eigenvalue weighted by Gasteiger charge is 2.34. The lowest BCUT2D eigenvalue weighted by Gasteiger charge is -2.32. The number of fused-ring (bicyclic) bond motifs is 2. The minimum absolute atomic E-state index is 0.0268. The maximum Gasteiger partial charge on any atom is 0.253 e. The molecule has 0 unspecified atom stereocenters. The fourth-order valence-electron chi connectivity index (χ4n) is 3.63. The lowest BCUT2D eigenvalue weighted by molar-refractivity contribution is -0.134. The maximum absolute atomic E-state index is 13.1. The molecule has 3 aromatic rings. The summed E-state index contributed by atoms with van der Waals surface area (Å²) in [4.78, 5) is 31.3. The van der Waals surface area contributed by atoms with Crippen molar-refractivity contribution in [3.63, 3.8) is 0 Å². The largest absolute Gasteiger partial charge is 0.350 e. The van der Waals surface area contributed by atoms with Crippen LogP contribution in [0.25, 0.3) is 10.1 Å². The first-order valence-electron chi connectivity index (χ1n) is 9.51. The molecular formula is C19H17ClN4O4S3. The maximum atomic E-state index is 13.1. The molecule has 2 amide bonds. The number of piperazine rings is 1. The zero-order valence-electron chi connectivity index (χ0n) is 16.1. The highest BCUT2D eigenvalue weighted by molar-refractivity contribution is 7.91. The summed E-state index contributed by atoms with van der Waals surface area (Å²) in [5, 5.41) is 4.87. The molecule has 31 heavy (non-hydrogen) atoms. The van der Waals surface area contributed by atoms with Gasteiger partial charge in [-0.3, -0.25) is 9.59 Å². The number of carbonyl (C=O) groups is 2. The Morgan fingerprint density at radius 3 is 2.81 bits per heavy atom. The topological polar surface area (TPSA) is 99.7 Å². The van der Waals surface area contributed by atoms with Gasteiger partial charge in [-0.2, -0.15) is 4.31 Å². The zero-order valence-corrected chi connectivity index (χ0v) is 19.3. The predicted octanol–water partition coefficient (Wildman–Crippen LogP) is 2.22. The Morgan fingerprint density at radius 1 is 1.16 bits per heavy atom. The number of carbonyl (C=O) groups excluding carboxylic acids is 2. The van der Waals surface area contributed by atoms with Crippen molar-refractivity contribution in [2.45, 2.75) is 23.7 Å². The number of nitrogens with zero attached hydrogens (tertiary/aromatic N) is 3. The van der Waals surface area contributed by atoms with E-state index in [2.05, 4.69) is 10.3 Å². The first-order chi connectivity index (χ1) is 14.8. The van der Waals surface area contributed by atoms with Gasteiger partial charge in [0.05, 0.1) is 31.7 Å². The van der Waals surface area contributed by atoms with Gasteiger partial charge < -0.3 is 10.2 Å². The Morgan fingerprint density at radius 2 is 2.00 bits per heavy atom. The number of hydrogen-bond donors (Lipinski definition) is 1. The SMILES string of the molecule is O=C1Cc2sc(CN3CCN(S(=O)(=O)c4cc5ccc(Cl)cc5s4)CC3=O)nc2CN1. The molecular weight excluding hydrogens is 480 g/mol. The minimum Gasteiger partial charge on any atom is -0.350 e. The summed E-state index contributed by atoms with van der Waals surface area (Å²) in [6.07, 6.45) is 0.313. The average molecular weight is 497 g/mol. The average Bonchev–Trinajstić information content (AvgIpc) is 3.32. The Kier molecular flexibility index (Phi) is 5.25. The van der Waals surface area contributed by atoms with E-state index in [4.69, 9.17) is 11.6 Å². The summed E-state index contributed by atoms with van der Waals surface area (Å²) in [6.45, 7) is 1.03. The minimum atomic E-state index is -3.77. The van der Waals surface area contributed by atoms with Crippen LogP contribution in [0.5, 0.6) is 0 Å². The zero-order chi connectivity index (χ0) is 21.8. The van der Waals surface area contributed by atoms with Crippen LogP contribution < -0.4 is 5.32 Å². The normalized spacial score (nSPS) is 17.8. The van der Waals surface area contributed by atoms with Crippen LogP contribution >= 0.6 is 34.3 Å². The molecule has 1 fully saturated rings. The second-order valence-electron chi connectivity index (χ2n) is 7.33. The number of rotatable bonds is 4. The van der Waals surface area contributed by atoms with Crippen LogP contribution in [0.4, 0.5) is 0 Å². The molecule has 1 aromatic carbocycles. The number of aromatic nitrogens is 1. The molecule has 1 N–H and O–H groups in total. The van der Waals surface area contributed by atoms with E-state index in [9.17, 15) is 18.0 Å². The van der Waals surface area contributed by atoms with Crippen LogP contribution in [0.3, 0.4) is 0 Å². The van der Waals surface area contributed by atoms with Gasteiger partial charge in [-0.05, 0) is 23.6 Å². The van der Waals surface area contributed by atoms with Crippen molar-refractivity contribution in [2.75, 3.05) is 19.6 Å². The summed E-state index contributed by atoms with van der Waals surface area (Å²) in [5.41, 5.74) is 0.845. The van der Waals surface area contributed by atoms with Crippen molar-refractivity contribution in [1.82, 2.24) is 19.5 Å². The second kappa shape index (κ2) is 7.82. The van der Waals surface area contributed by atoms with Gasteiger partial charge in [-0.15, -0.1) is 22.7 Å². The fourth-order valence-corrected chi connectivity index (χ4v) is 7.94. The van der Waals surface area contributed by atoms with Crippen LogP contribution in [0, 0.1) is 0 Å². The van der Waals surface area contributed by atoms with Gasteiger partial charge in [0.15, 0.2) is 0 Å². The summed E-state index contributed by atoms with van der Waals surface area (Å²) < 4.78 is 28.4. The molecule has 0 radical (unpaired) electrons. The van der Waals surface area contributed by atoms with Crippen LogP contribution in [0.2, 0.25) is 5.02 Å². The summed E-state index contributed by atoms with van der Waals surface area (Å²) in [7, 11) is -3.77. The molecule has 8 nitrogen and oxygen atoms in total. The molecule has 2 aliphatic heterocycles. The summed E-state index contributed by atoms with van der Waals surface area (Å²) in [6, 6.07) is 6.86. The molecule has 0 atom stereocenters. The molecule has 0 saturated carbocycles. The predicted molar refractivity (Wildman–Crippen MR) is 119 cm³/mol. The third-order valence-electron chi connectivity index (χ3n) is 5.26. The number of nitrogens with one attached hydrogen (secondary N) is 1. The van der Waals surface area contributed by atoms with Crippen LogP contribution in [-0.4, -0.2) is 54.1 Å². The highest BCUT2D eigenvalue weighted by Crippen LogP contribution is 2.33. The van der Waals surface area contributed by atoms with E-state index in [0.717, 1.165) is 37.0 Å². The van der Waals surface area contributed by atoms with Crippen molar-refractivity contribution in [2.24, 2.45) is 0 Å². The third-order valence-corrected chi connectivity index (χ3v) is 9.97. The smallest absolute Gasteiger partial charge is 0.253 e. The van der Waals surface area contributed by atoms with Gasteiger partial charge in [0.1, 0.15) is 9.22 Å². The van der Waals surface area contributed by atoms with Gasteiger partial charge in [-0.1, -0.05) is 17.7 Å². The van der Waals surface area contributed by atoms with E-state index in [1.54, 1.807) is 29.2 Å². The van der Waals surface area contributed by atoms with E-state index >= 15 is 0 Å². The number of hydrogen-bond acceptors (Lipinski definition) is 7. The lowest BCUT2D eigenvalue weighted by atomic mass is 10.2. The van der Waals surface area contributed by atoms with E-state index in [1.165, 1.54) is 15.6 Å². The Hall–Kier alpha value is -2.05. The summed E-state index contributed by atoms with van der Waals surface area (Å²) >= 11 is 8.59. The molecule has 4 heterocycles. The second-order valence-corrected chi connectivity index (χ2v) is 12.2. The Balaban J connectivity index is 1.30. The van der Waals surface area contributed by atoms with Gasteiger partial charge >= 0.3 is 0 Å².